The van der Waals surface area contributed by atoms with Gasteiger partial charge >= 0.3 is 0 Å². The van der Waals surface area contributed by atoms with Gasteiger partial charge in [-0.25, -0.2) is 4.39 Å². The fraction of sp³-hybridized carbons (Fsp3) is 0.250. The average Bonchev–Trinajstić information content (AvgIpc) is 2.52. The topological polar surface area (TPSA) is 62.2 Å². The Morgan fingerprint density at radius 2 is 2.10 bits per heavy atom. The molecule has 2 aromatic rings. The zero-order valence-electron chi connectivity index (χ0n) is 11.5. The number of hydrogen-bond donors (Lipinski definition) is 2. The van der Waals surface area contributed by atoms with Gasteiger partial charge in [0.25, 0.3) is 0 Å². The van der Waals surface area contributed by atoms with Crippen molar-refractivity contribution in [3.63, 3.8) is 0 Å². The summed E-state index contributed by atoms with van der Waals surface area (Å²) in [6.45, 7) is -0.00714. The SMILES string of the molecule is O=C(CCc1cccnc1)NCC(O)c1ccccc1F. The molecule has 2 rings (SSSR count). The van der Waals surface area contributed by atoms with E-state index in [0.717, 1.165) is 5.56 Å². The molecule has 0 saturated heterocycles. The molecule has 1 atom stereocenters. The largest absolute Gasteiger partial charge is 0.386 e. The molecule has 1 aromatic heterocycles. The Labute approximate surface area is 122 Å². The number of nitrogens with zero attached hydrogens (tertiary/aromatic N) is 1. The van der Waals surface area contributed by atoms with Crippen LogP contribution in [0.15, 0.2) is 48.8 Å². The fourth-order valence-corrected chi connectivity index (χ4v) is 1.96. The van der Waals surface area contributed by atoms with Crippen LogP contribution in [0.4, 0.5) is 4.39 Å². The summed E-state index contributed by atoms with van der Waals surface area (Å²) < 4.78 is 13.5. The van der Waals surface area contributed by atoms with Crippen molar-refractivity contribution in [2.75, 3.05) is 6.54 Å². The smallest absolute Gasteiger partial charge is 0.220 e. The van der Waals surface area contributed by atoms with Gasteiger partial charge in [0, 0.05) is 30.9 Å². The van der Waals surface area contributed by atoms with Crippen LogP contribution in [0.1, 0.15) is 23.7 Å². The molecule has 0 radical (unpaired) electrons. The quantitative estimate of drug-likeness (QED) is 0.854. The number of aliphatic hydroxyl groups is 1. The van der Waals surface area contributed by atoms with E-state index in [9.17, 15) is 14.3 Å². The number of pyridine rings is 1. The lowest BCUT2D eigenvalue weighted by atomic mass is 10.1. The summed E-state index contributed by atoms with van der Waals surface area (Å²) in [7, 11) is 0. The monoisotopic (exact) mass is 288 g/mol. The first-order valence-corrected chi connectivity index (χ1v) is 6.75. The molecule has 1 amide bonds. The second kappa shape index (κ2) is 7.50. The van der Waals surface area contributed by atoms with Crippen molar-refractivity contribution in [1.29, 1.82) is 0 Å². The fourth-order valence-electron chi connectivity index (χ4n) is 1.96. The van der Waals surface area contributed by atoms with Gasteiger partial charge in [0.1, 0.15) is 5.82 Å². The van der Waals surface area contributed by atoms with Crippen LogP contribution in [0.5, 0.6) is 0 Å². The third kappa shape index (κ3) is 4.65. The maximum Gasteiger partial charge on any atom is 0.220 e. The Morgan fingerprint density at radius 3 is 2.81 bits per heavy atom. The van der Waals surface area contributed by atoms with Gasteiger partial charge in [0.15, 0.2) is 0 Å². The Morgan fingerprint density at radius 1 is 1.29 bits per heavy atom. The number of rotatable bonds is 6. The van der Waals surface area contributed by atoms with Gasteiger partial charge in [-0.05, 0) is 24.1 Å². The van der Waals surface area contributed by atoms with Crippen molar-refractivity contribution < 1.29 is 14.3 Å². The van der Waals surface area contributed by atoms with E-state index in [1.54, 1.807) is 24.5 Å². The summed E-state index contributed by atoms with van der Waals surface area (Å²) in [5.41, 5.74) is 1.16. The normalized spacial score (nSPS) is 11.9. The van der Waals surface area contributed by atoms with Crippen molar-refractivity contribution in [2.24, 2.45) is 0 Å². The molecule has 110 valence electrons. The molecule has 5 heteroatoms. The standard InChI is InChI=1S/C16H17FN2O2/c17-14-6-2-1-5-13(14)15(20)11-19-16(21)8-7-12-4-3-9-18-10-12/h1-6,9-10,15,20H,7-8,11H2,(H,19,21). The Balaban J connectivity index is 1.77. The number of aryl methyl sites for hydroxylation is 1. The maximum atomic E-state index is 13.5. The highest BCUT2D eigenvalue weighted by atomic mass is 19.1. The summed E-state index contributed by atoms with van der Waals surface area (Å²) in [5, 5.41) is 12.5. The van der Waals surface area contributed by atoms with E-state index >= 15 is 0 Å². The number of amides is 1. The van der Waals surface area contributed by atoms with Gasteiger partial charge in [-0.15, -0.1) is 0 Å². The van der Waals surface area contributed by atoms with Gasteiger partial charge in [-0.2, -0.15) is 0 Å². The Bertz CT molecular complexity index is 590. The summed E-state index contributed by atoms with van der Waals surface area (Å²) in [4.78, 5) is 15.7. The van der Waals surface area contributed by atoms with Crippen molar-refractivity contribution >= 4 is 5.91 Å². The van der Waals surface area contributed by atoms with E-state index in [4.69, 9.17) is 0 Å². The van der Waals surface area contributed by atoms with E-state index in [1.807, 2.05) is 12.1 Å². The molecule has 21 heavy (non-hydrogen) atoms. The average molecular weight is 288 g/mol. The molecule has 1 unspecified atom stereocenters. The number of nitrogens with one attached hydrogen (secondary N) is 1. The molecular formula is C16H17FN2O2. The number of benzene rings is 1. The highest BCUT2D eigenvalue weighted by molar-refractivity contribution is 5.76. The molecule has 4 nitrogen and oxygen atoms in total. The Hall–Kier alpha value is -2.27. The van der Waals surface area contributed by atoms with Gasteiger partial charge < -0.3 is 10.4 Å². The second-order valence-corrected chi connectivity index (χ2v) is 4.70. The number of aliphatic hydroxyl groups excluding tert-OH is 1. The Kier molecular flexibility index (Phi) is 5.40. The van der Waals surface area contributed by atoms with Gasteiger partial charge in [-0.1, -0.05) is 24.3 Å². The van der Waals surface area contributed by atoms with Crippen LogP contribution in [0, 0.1) is 5.82 Å². The maximum absolute atomic E-state index is 13.5. The van der Waals surface area contributed by atoms with E-state index < -0.39 is 11.9 Å². The number of aromatic nitrogens is 1. The predicted octanol–water partition coefficient (Wildman–Crippen LogP) is 2.00. The molecule has 1 aromatic carbocycles. The number of carbonyl (C=O) groups is 1. The van der Waals surface area contributed by atoms with Crippen LogP contribution in [0.3, 0.4) is 0 Å². The summed E-state index contributed by atoms with van der Waals surface area (Å²) in [6, 6.07) is 9.69. The lowest BCUT2D eigenvalue weighted by Crippen LogP contribution is -2.28. The summed E-state index contributed by atoms with van der Waals surface area (Å²) in [6.07, 6.45) is 3.22. The second-order valence-electron chi connectivity index (χ2n) is 4.70. The number of carbonyl (C=O) groups excluding carboxylic acids is 1. The van der Waals surface area contributed by atoms with Crippen molar-refractivity contribution in [3.8, 4) is 0 Å². The third-order valence-electron chi connectivity index (χ3n) is 3.12. The van der Waals surface area contributed by atoms with E-state index in [2.05, 4.69) is 10.3 Å². The molecular weight excluding hydrogens is 271 g/mol. The lowest BCUT2D eigenvalue weighted by molar-refractivity contribution is -0.121. The van der Waals surface area contributed by atoms with Gasteiger partial charge in [-0.3, -0.25) is 9.78 Å². The van der Waals surface area contributed by atoms with Gasteiger partial charge in [0.05, 0.1) is 6.10 Å². The summed E-state index contributed by atoms with van der Waals surface area (Å²) in [5.74, 6) is -0.663. The lowest BCUT2D eigenvalue weighted by Gasteiger charge is -2.13. The first kappa shape index (κ1) is 15.1. The molecule has 0 aliphatic heterocycles. The highest BCUT2D eigenvalue weighted by Crippen LogP contribution is 2.15. The van der Waals surface area contributed by atoms with Crippen LogP contribution in [0.2, 0.25) is 0 Å². The van der Waals surface area contributed by atoms with E-state index in [1.165, 1.54) is 12.1 Å². The van der Waals surface area contributed by atoms with Crippen LogP contribution < -0.4 is 5.32 Å². The first-order chi connectivity index (χ1) is 10.2. The molecule has 0 aliphatic carbocycles. The zero-order chi connectivity index (χ0) is 15.1. The minimum absolute atomic E-state index is 0.00714. The first-order valence-electron chi connectivity index (χ1n) is 6.75. The van der Waals surface area contributed by atoms with Crippen molar-refractivity contribution in [1.82, 2.24) is 10.3 Å². The highest BCUT2D eigenvalue weighted by Gasteiger charge is 2.13. The molecule has 2 N–H and O–H groups in total. The van der Waals surface area contributed by atoms with Crippen molar-refractivity contribution in [2.45, 2.75) is 18.9 Å². The predicted molar refractivity (Wildman–Crippen MR) is 76.9 cm³/mol. The number of halogens is 1. The van der Waals surface area contributed by atoms with Crippen molar-refractivity contribution in [3.05, 3.63) is 65.7 Å². The van der Waals surface area contributed by atoms with Crippen LogP contribution in [-0.2, 0) is 11.2 Å². The third-order valence-corrected chi connectivity index (χ3v) is 3.12. The number of hydrogen-bond acceptors (Lipinski definition) is 3. The minimum Gasteiger partial charge on any atom is -0.386 e. The minimum atomic E-state index is -1.05. The van der Waals surface area contributed by atoms with E-state index in [-0.39, 0.29) is 18.0 Å². The van der Waals surface area contributed by atoms with Crippen LogP contribution >= 0.6 is 0 Å². The zero-order valence-corrected chi connectivity index (χ0v) is 11.5. The molecule has 0 aliphatic rings. The van der Waals surface area contributed by atoms with E-state index in [0.29, 0.717) is 12.8 Å². The molecule has 1 heterocycles. The molecule has 0 spiro atoms. The molecule has 0 saturated carbocycles. The molecule has 0 bridgehead atoms. The van der Waals surface area contributed by atoms with Crippen LogP contribution in [-0.4, -0.2) is 22.5 Å². The van der Waals surface area contributed by atoms with Gasteiger partial charge in [0.2, 0.25) is 5.91 Å². The molecule has 0 fully saturated rings. The van der Waals surface area contributed by atoms with Crippen LogP contribution in [0.25, 0.3) is 0 Å². The summed E-state index contributed by atoms with van der Waals surface area (Å²) >= 11 is 0.